The zero-order chi connectivity index (χ0) is 19.4. The molecule has 0 spiro atoms. The van der Waals surface area contributed by atoms with Crippen molar-refractivity contribution in [2.45, 2.75) is 39.7 Å². The topological polar surface area (TPSA) is 58.6 Å². The fourth-order valence-corrected chi connectivity index (χ4v) is 3.21. The molecule has 3 rings (SSSR count). The maximum atomic E-state index is 12.7. The van der Waals surface area contributed by atoms with Gasteiger partial charge in [0.2, 0.25) is 11.8 Å². The number of anilines is 2. The molecule has 1 saturated heterocycles. The van der Waals surface area contributed by atoms with Crippen molar-refractivity contribution in [1.82, 2.24) is 0 Å². The zero-order valence-electron chi connectivity index (χ0n) is 16.1. The minimum atomic E-state index is -0.379. The van der Waals surface area contributed by atoms with Gasteiger partial charge in [0.05, 0.1) is 17.7 Å². The quantitative estimate of drug-likeness (QED) is 0.840. The Kier molecular flexibility index (Phi) is 5.79. The second kappa shape index (κ2) is 8.25. The highest BCUT2D eigenvalue weighted by atomic mass is 16.5. The summed E-state index contributed by atoms with van der Waals surface area (Å²) in [7, 11) is 0. The van der Waals surface area contributed by atoms with E-state index in [9.17, 15) is 9.59 Å². The second-order valence-corrected chi connectivity index (χ2v) is 7.08. The molecule has 2 aromatic rings. The molecular weight excluding hydrogens is 340 g/mol. The predicted octanol–water partition coefficient (Wildman–Crippen LogP) is 4.03. The summed E-state index contributed by atoms with van der Waals surface area (Å²) in [6.45, 7) is 6.37. The van der Waals surface area contributed by atoms with E-state index in [0.29, 0.717) is 18.0 Å². The number of hydrogen-bond acceptors (Lipinski definition) is 3. The number of ether oxygens (including phenoxy) is 1. The summed E-state index contributed by atoms with van der Waals surface area (Å²) < 4.78 is 5.75. The number of amides is 2. The molecule has 5 nitrogen and oxygen atoms in total. The summed E-state index contributed by atoms with van der Waals surface area (Å²) in [6, 6.07) is 15.3. The third kappa shape index (κ3) is 4.48. The van der Waals surface area contributed by atoms with Gasteiger partial charge in [-0.15, -0.1) is 0 Å². The normalized spacial score (nSPS) is 16.7. The molecule has 142 valence electrons. The van der Waals surface area contributed by atoms with Crippen molar-refractivity contribution in [2.24, 2.45) is 5.92 Å². The lowest BCUT2D eigenvalue weighted by atomic mass is 10.1. The van der Waals surface area contributed by atoms with Gasteiger partial charge in [0.25, 0.3) is 0 Å². The third-order valence-corrected chi connectivity index (χ3v) is 4.66. The Hall–Kier alpha value is -2.82. The van der Waals surface area contributed by atoms with Crippen molar-refractivity contribution in [3.05, 3.63) is 54.1 Å². The lowest BCUT2D eigenvalue weighted by Gasteiger charge is -2.18. The molecule has 1 atom stereocenters. The Balaban J connectivity index is 1.69. The van der Waals surface area contributed by atoms with Crippen LogP contribution in [0.5, 0.6) is 5.75 Å². The maximum absolute atomic E-state index is 12.7. The van der Waals surface area contributed by atoms with Crippen LogP contribution in [0.15, 0.2) is 48.5 Å². The first-order valence-corrected chi connectivity index (χ1v) is 9.43. The van der Waals surface area contributed by atoms with Gasteiger partial charge in [-0.25, -0.2) is 0 Å². The number of nitrogens with one attached hydrogen (secondary N) is 1. The number of carbonyl (C=O) groups excluding carboxylic acids is 2. The first kappa shape index (κ1) is 19.0. The molecule has 1 heterocycles. The second-order valence-electron chi connectivity index (χ2n) is 7.08. The molecule has 1 aliphatic rings. The van der Waals surface area contributed by atoms with Gasteiger partial charge in [0, 0.05) is 18.7 Å². The first-order chi connectivity index (χ1) is 13.0. The lowest BCUT2D eigenvalue weighted by Crippen LogP contribution is -2.28. The van der Waals surface area contributed by atoms with Gasteiger partial charge >= 0.3 is 0 Å². The van der Waals surface area contributed by atoms with Crippen LogP contribution in [0, 0.1) is 5.92 Å². The van der Waals surface area contributed by atoms with Gasteiger partial charge in [0.15, 0.2) is 0 Å². The Morgan fingerprint density at radius 3 is 2.56 bits per heavy atom. The molecule has 0 saturated carbocycles. The van der Waals surface area contributed by atoms with Crippen LogP contribution < -0.4 is 15.0 Å². The van der Waals surface area contributed by atoms with Crippen molar-refractivity contribution in [2.75, 3.05) is 16.8 Å². The molecule has 0 aromatic heterocycles. The average Bonchev–Trinajstić information content (AvgIpc) is 3.05. The minimum absolute atomic E-state index is 0.0118. The molecular formula is C22H26N2O3. The fourth-order valence-electron chi connectivity index (χ4n) is 3.21. The Bertz CT molecular complexity index is 815. The summed E-state index contributed by atoms with van der Waals surface area (Å²) >= 11 is 0. The van der Waals surface area contributed by atoms with Gasteiger partial charge in [-0.05, 0) is 50.1 Å². The highest BCUT2D eigenvalue weighted by Crippen LogP contribution is 2.29. The van der Waals surface area contributed by atoms with E-state index in [4.69, 9.17) is 4.74 Å². The first-order valence-electron chi connectivity index (χ1n) is 9.43. The number of hydrogen-bond donors (Lipinski definition) is 1. The summed E-state index contributed by atoms with van der Waals surface area (Å²) in [6.07, 6.45) is 1.18. The number of rotatable bonds is 6. The molecule has 1 unspecified atom stereocenters. The largest absolute Gasteiger partial charge is 0.489 e. The molecule has 1 fully saturated rings. The van der Waals surface area contributed by atoms with Crippen molar-refractivity contribution in [1.29, 1.82) is 0 Å². The van der Waals surface area contributed by atoms with E-state index >= 15 is 0 Å². The van der Waals surface area contributed by atoms with Crippen LogP contribution in [0.2, 0.25) is 0 Å². The molecule has 0 radical (unpaired) electrons. The molecule has 0 bridgehead atoms. The van der Waals surface area contributed by atoms with Crippen LogP contribution in [0.1, 0.15) is 32.8 Å². The van der Waals surface area contributed by atoms with Crippen molar-refractivity contribution in [3.8, 4) is 5.75 Å². The van der Waals surface area contributed by atoms with Gasteiger partial charge in [-0.2, -0.15) is 0 Å². The molecule has 0 aliphatic carbocycles. The number of aryl methyl sites for hydroxylation is 1. The standard InChI is InChI=1S/C22H26N2O3/c1-4-16-9-11-18(12-10-16)24-14-17(13-21(24)25)22(26)23-19-7-5-6-8-20(19)27-15(2)3/h5-12,15,17H,4,13-14H2,1-3H3,(H,23,26). The van der Waals surface area contributed by atoms with Crippen LogP contribution >= 0.6 is 0 Å². The Morgan fingerprint density at radius 1 is 1.19 bits per heavy atom. The van der Waals surface area contributed by atoms with E-state index in [2.05, 4.69) is 12.2 Å². The van der Waals surface area contributed by atoms with E-state index in [1.165, 1.54) is 5.56 Å². The van der Waals surface area contributed by atoms with Crippen LogP contribution in [0.25, 0.3) is 0 Å². The van der Waals surface area contributed by atoms with Crippen molar-refractivity contribution >= 4 is 23.2 Å². The highest BCUT2D eigenvalue weighted by Gasteiger charge is 2.35. The van der Waals surface area contributed by atoms with Gasteiger partial charge in [-0.3, -0.25) is 9.59 Å². The Labute approximate surface area is 160 Å². The van der Waals surface area contributed by atoms with E-state index in [0.717, 1.165) is 12.1 Å². The third-order valence-electron chi connectivity index (χ3n) is 4.66. The predicted molar refractivity (Wildman–Crippen MR) is 107 cm³/mol. The summed E-state index contributed by atoms with van der Waals surface area (Å²) in [5.41, 5.74) is 2.70. The van der Waals surface area contributed by atoms with Crippen molar-refractivity contribution in [3.63, 3.8) is 0 Å². The molecule has 27 heavy (non-hydrogen) atoms. The van der Waals surface area contributed by atoms with Gasteiger partial charge in [-0.1, -0.05) is 31.2 Å². The molecule has 5 heteroatoms. The van der Waals surface area contributed by atoms with E-state index in [1.807, 2.05) is 62.4 Å². The smallest absolute Gasteiger partial charge is 0.229 e. The van der Waals surface area contributed by atoms with E-state index in [1.54, 1.807) is 4.90 Å². The van der Waals surface area contributed by atoms with E-state index in [-0.39, 0.29) is 30.3 Å². The SMILES string of the molecule is CCc1ccc(N2CC(C(=O)Nc3ccccc3OC(C)C)CC2=O)cc1. The van der Waals surface area contributed by atoms with Crippen LogP contribution in [-0.4, -0.2) is 24.5 Å². The maximum Gasteiger partial charge on any atom is 0.229 e. The number of benzene rings is 2. The molecule has 1 aliphatic heterocycles. The summed E-state index contributed by atoms with van der Waals surface area (Å²) in [5, 5.41) is 2.93. The number of carbonyl (C=O) groups is 2. The van der Waals surface area contributed by atoms with E-state index < -0.39 is 0 Å². The van der Waals surface area contributed by atoms with Crippen LogP contribution in [-0.2, 0) is 16.0 Å². The molecule has 1 N–H and O–H groups in total. The van der Waals surface area contributed by atoms with Crippen LogP contribution in [0.3, 0.4) is 0 Å². The highest BCUT2D eigenvalue weighted by molar-refractivity contribution is 6.03. The summed E-state index contributed by atoms with van der Waals surface area (Å²) in [4.78, 5) is 26.9. The molecule has 2 aromatic carbocycles. The lowest BCUT2D eigenvalue weighted by molar-refractivity contribution is -0.122. The molecule has 2 amide bonds. The van der Waals surface area contributed by atoms with Crippen LogP contribution in [0.4, 0.5) is 11.4 Å². The monoisotopic (exact) mass is 366 g/mol. The zero-order valence-corrected chi connectivity index (χ0v) is 16.1. The van der Waals surface area contributed by atoms with Gasteiger partial charge < -0.3 is 15.0 Å². The number of para-hydroxylation sites is 2. The Morgan fingerprint density at radius 2 is 1.89 bits per heavy atom. The summed E-state index contributed by atoms with van der Waals surface area (Å²) in [5.74, 6) is 0.0783. The minimum Gasteiger partial charge on any atom is -0.489 e. The number of nitrogens with zero attached hydrogens (tertiary/aromatic N) is 1. The average molecular weight is 366 g/mol. The van der Waals surface area contributed by atoms with Gasteiger partial charge in [0.1, 0.15) is 5.75 Å². The fraction of sp³-hybridized carbons (Fsp3) is 0.364. The van der Waals surface area contributed by atoms with Crippen molar-refractivity contribution < 1.29 is 14.3 Å².